The minimum Gasteiger partial charge on any atom is -0.506 e. The summed E-state index contributed by atoms with van der Waals surface area (Å²) in [5, 5.41) is 20.4. The Hall–Kier alpha value is -2.02. The standard InChI is InChI=1S/C22H25FN2O3/c23-18-4-2-1-3-14(18)7-22(27)8-15-11-25(12-16(15)9-22)13-20-21(28-20)19-6-5-17(26)10-24-19/h1-6,10,15-16,20-21,26-27H,7-9,11-13H2/t15-,16+,20?,21?,22-. The number of rotatable bonds is 5. The average molecular weight is 384 g/mol. The molecular weight excluding hydrogens is 359 g/mol. The van der Waals surface area contributed by atoms with Crippen LogP contribution in [0.3, 0.4) is 0 Å². The molecule has 6 heteroatoms. The summed E-state index contributed by atoms with van der Waals surface area (Å²) in [6.45, 7) is 2.78. The van der Waals surface area contributed by atoms with Gasteiger partial charge in [0.15, 0.2) is 0 Å². The summed E-state index contributed by atoms with van der Waals surface area (Å²) in [4.78, 5) is 6.65. The Morgan fingerprint density at radius 1 is 1.14 bits per heavy atom. The van der Waals surface area contributed by atoms with Gasteiger partial charge in [-0.25, -0.2) is 4.39 Å². The van der Waals surface area contributed by atoms with Gasteiger partial charge in [-0.1, -0.05) is 18.2 Å². The van der Waals surface area contributed by atoms with Gasteiger partial charge in [-0.3, -0.25) is 4.98 Å². The molecule has 5 nitrogen and oxygen atoms in total. The molecular formula is C22H25FN2O3. The zero-order chi connectivity index (χ0) is 19.3. The Kier molecular flexibility index (Phi) is 4.38. The molecule has 3 fully saturated rings. The highest BCUT2D eigenvalue weighted by Gasteiger charge is 2.50. The lowest BCUT2D eigenvalue weighted by atomic mass is 9.91. The molecule has 2 saturated heterocycles. The number of aromatic hydroxyl groups is 1. The molecule has 0 bridgehead atoms. The molecule has 0 spiro atoms. The SMILES string of the molecule is Oc1ccc(C2OC2CN2C[C@@H]3C[C@@](O)(Cc4ccccc4F)C[C@@H]3C2)nc1. The molecule has 2 aromatic rings. The number of hydrogen-bond acceptors (Lipinski definition) is 5. The zero-order valence-electron chi connectivity index (χ0n) is 15.7. The van der Waals surface area contributed by atoms with Crippen LogP contribution in [0.5, 0.6) is 5.75 Å². The average Bonchev–Trinajstić information content (AvgIpc) is 3.22. The van der Waals surface area contributed by atoms with Crippen molar-refractivity contribution < 1.29 is 19.3 Å². The van der Waals surface area contributed by atoms with Crippen LogP contribution in [0.4, 0.5) is 4.39 Å². The monoisotopic (exact) mass is 384 g/mol. The number of halogens is 1. The van der Waals surface area contributed by atoms with Crippen molar-refractivity contribution in [2.75, 3.05) is 19.6 Å². The molecule has 5 rings (SSSR count). The highest BCUT2D eigenvalue weighted by molar-refractivity contribution is 5.23. The molecule has 2 unspecified atom stereocenters. The van der Waals surface area contributed by atoms with E-state index in [1.807, 2.05) is 12.1 Å². The maximum absolute atomic E-state index is 14.0. The van der Waals surface area contributed by atoms with E-state index in [0.717, 1.165) is 38.2 Å². The molecule has 3 aliphatic rings. The highest BCUT2D eigenvalue weighted by atomic mass is 19.1. The summed E-state index contributed by atoms with van der Waals surface area (Å²) in [6, 6.07) is 10.2. The number of aliphatic hydroxyl groups is 1. The topological polar surface area (TPSA) is 69.1 Å². The smallest absolute Gasteiger partial charge is 0.133 e. The van der Waals surface area contributed by atoms with E-state index < -0.39 is 5.60 Å². The van der Waals surface area contributed by atoms with E-state index in [0.29, 0.717) is 23.8 Å². The number of fused-ring (bicyclic) bond motifs is 1. The van der Waals surface area contributed by atoms with Gasteiger partial charge in [-0.05, 0) is 48.4 Å². The van der Waals surface area contributed by atoms with E-state index >= 15 is 0 Å². The van der Waals surface area contributed by atoms with E-state index in [4.69, 9.17) is 4.74 Å². The highest BCUT2D eigenvalue weighted by Crippen LogP contribution is 2.47. The van der Waals surface area contributed by atoms with Crippen LogP contribution in [0.25, 0.3) is 0 Å². The minimum absolute atomic E-state index is 0.0130. The van der Waals surface area contributed by atoms with Crippen LogP contribution in [-0.2, 0) is 11.2 Å². The van der Waals surface area contributed by atoms with Crippen molar-refractivity contribution in [3.8, 4) is 5.75 Å². The third kappa shape index (κ3) is 3.52. The Bertz CT molecular complexity index is 845. The van der Waals surface area contributed by atoms with E-state index in [-0.39, 0.29) is 23.8 Å². The molecule has 2 aliphatic heterocycles. The number of benzene rings is 1. The second-order valence-electron chi connectivity index (χ2n) is 8.68. The number of aromatic nitrogens is 1. The quantitative estimate of drug-likeness (QED) is 0.776. The fourth-order valence-corrected chi connectivity index (χ4v) is 5.21. The first-order valence-corrected chi connectivity index (χ1v) is 9.98. The molecule has 1 aromatic heterocycles. The van der Waals surface area contributed by atoms with Gasteiger partial charge in [-0.2, -0.15) is 0 Å². The summed E-state index contributed by atoms with van der Waals surface area (Å²) in [5.74, 6) is 0.854. The molecule has 3 heterocycles. The second kappa shape index (κ2) is 6.79. The summed E-state index contributed by atoms with van der Waals surface area (Å²) in [6.07, 6.45) is 3.47. The third-order valence-electron chi connectivity index (χ3n) is 6.50. The van der Waals surface area contributed by atoms with Gasteiger partial charge in [0.25, 0.3) is 0 Å². The van der Waals surface area contributed by atoms with E-state index in [1.165, 1.54) is 12.3 Å². The van der Waals surface area contributed by atoms with Crippen LogP contribution in [0.2, 0.25) is 0 Å². The summed E-state index contributed by atoms with van der Waals surface area (Å²) in [5.41, 5.74) is 0.678. The number of pyridine rings is 1. The van der Waals surface area contributed by atoms with E-state index in [2.05, 4.69) is 9.88 Å². The second-order valence-corrected chi connectivity index (χ2v) is 8.68. The normalized spacial score (nSPS) is 34.5. The van der Waals surface area contributed by atoms with Gasteiger partial charge in [0.1, 0.15) is 23.8 Å². The van der Waals surface area contributed by atoms with Crippen LogP contribution in [0.15, 0.2) is 42.6 Å². The van der Waals surface area contributed by atoms with Crippen molar-refractivity contribution in [3.05, 3.63) is 59.7 Å². The first kappa shape index (κ1) is 18.0. The number of epoxide rings is 1. The summed E-state index contributed by atoms with van der Waals surface area (Å²) in [7, 11) is 0. The van der Waals surface area contributed by atoms with Crippen molar-refractivity contribution in [2.45, 2.75) is 37.1 Å². The number of ether oxygens (including phenoxy) is 1. The molecule has 2 N–H and O–H groups in total. The van der Waals surface area contributed by atoms with E-state index in [9.17, 15) is 14.6 Å². The lowest BCUT2D eigenvalue weighted by Gasteiger charge is -2.26. The number of nitrogens with zero attached hydrogens (tertiary/aromatic N) is 2. The van der Waals surface area contributed by atoms with Crippen molar-refractivity contribution >= 4 is 0 Å². The van der Waals surface area contributed by atoms with Crippen molar-refractivity contribution in [2.24, 2.45) is 11.8 Å². The van der Waals surface area contributed by atoms with Gasteiger partial charge < -0.3 is 19.8 Å². The van der Waals surface area contributed by atoms with Crippen molar-refractivity contribution in [1.29, 1.82) is 0 Å². The van der Waals surface area contributed by atoms with Crippen LogP contribution >= 0.6 is 0 Å². The van der Waals surface area contributed by atoms with Crippen molar-refractivity contribution in [3.63, 3.8) is 0 Å². The molecule has 5 atom stereocenters. The molecule has 1 aliphatic carbocycles. The summed E-state index contributed by atoms with van der Waals surface area (Å²) >= 11 is 0. The molecule has 1 aromatic carbocycles. The maximum atomic E-state index is 14.0. The van der Waals surface area contributed by atoms with Crippen LogP contribution < -0.4 is 0 Å². The number of likely N-dealkylation sites (tertiary alicyclic amines) is 1. The van der Waals surface area contributed by atoms with Crippen LogP contribution in [-0.4, -0.2) is 51.4 Å². The number of hydrogen-bond donors (Lipinski definition) is 2. The van der Waals surface area contributed by atoms with Crippen molar-refractivity contribution in [1.82, 2.24) is 9.88 Å². The van der Waals surface area contributed by atoms with Gasteiger partial charge in [0.05, 0.1) is 17.5 Å². The van der Waals surface area contributed by atoms with Gasteiger partial charge in [0, 0.05) is 26.1 Å². The first-order valence-electron chi connectivity index (χ1n) is 9.98. The van der Waals surface area contributed by atoms with Gasteiger partial charge >= 0.3 is 0 Å². The molecule has 0 radical (unpaired) electrons. The Morgan fingerprint density at radius 2 is 1.89 bits per heavy atom. The zero-order valence-corrected chi connectivity index (χ0v) is 15.7. The molecule has 148 valence electrons. The van der Waals surface area contributed by atoms with Gasteiger partial charge in [0.2, 0.25) is 0 Å². The minimum atomic E-state index is -0.793. The van der Waals surface area contributed by atoms with Crippen LogP contribution in [0, 0.1) is 17.7 Å². The predicted octanol–water partition coefficient (Wildman–Crippen LogP) is 2.68. The fraction of sp³-hybridized carbons (Fsp3) is 0.500. The third-order valence-corrected chi connectivity index (χ3v) is 6.50. The molecule has 1 saturated carbocycles. The Labute approximate surface area is 163 Å². The predicted molar refractivity (Wildman–Crippen MR) is 101 cm³/mol. The van der Waals surface area contributed by atoms with Gasteiger partial charge in [-0.15, -0.1) is 0 Å². The Morgan fingerprint density at radius 3 is 2.57 bits per heavy atom. The first-order chi connectivity index (χ1) is 13.5. The maximum Gasteiger partial charge on any atom is 0.133 e. The largest absolute Gasteiger partial charge is 0.506 e. The summed E-state index contributed by atoms with van der Waals surface area (Å²) < 4.78 is 19.7. The molecule has 28 heavy (non-hydrogen) atoms. The Balaban J connectivity index is 1.15. The molecule has 0 amide bonds. The van der Waals surface area contributed by atoms with Crippen LogP contribution in [0.1, 0.15) is 30.2 Å². The lowest BCUT2D eigenvalue weighted by molar-refractivity contribution is 0.0344. The van der Waals surface area contributed by atoms with E-state index in [1.54, 1.807) is 18.2 Å². The lowest BCUT2D eigenvalue weighted by Crippen LogP contribution is -2.33. The fourth-order valence-electron chi connectivity index (χ4n) is 5.21.